The fraction of sp³-hybridized carbons (Fsp3) is 0.0714. The number of hydrogen-bond acceptors (Lipinski definition) is 3. The highest BCUT2D eigenvalue weighted by Gasteiger charge is 2.03. The van der Waals surface area contributed by atoms with E-state index in [1.807, 2.05) is 25.1 Å². The summed E-state index contributed by atoms with van der Waals surface area (Å²) in [6, 6.07) is 10.7. The zero-order chi connectivity index (χ0) is 13.7. The molecule has 0 aliphatic rings. The monoisotopic (exact) mass is 273 g/mol. The van der Waals surface area contributed by atoms with Crippen molar-refractivity contribution in [1.82, 2.24) is 10.4 Å². The topological polar surface area (TPSA) is 54.4 Å². The Hall–Kier alpha value is -2.20. The summed E-state index contributed by atoms with van der Waals surface area (Å²) < 4.78 is 0. The van der Waals surface area contributed by atoms with Crippen LogP contribution in [0.2, 0.25) is 5.02 Å². The van der Waals surface area contributed by atoms with Crippen LogP contribution >= 0.6 is 11.6 Å². The first-order valence-electron chi connectivity index (χ1n) is 5.67. The van der Waals surface area contributed by atoms with Crippen molar-refractivity contribution >= 4 is 23.7 Å². The lowest BCUT2D eigenvalue weighted by atomic mass is 10.2. The number of hydrogen-bond donors (Lipinski definition) is 1. The summed E-state index contributed by atoms with van der Waals surface area (Å²) in [4.78, 5) is 15.8. The summed E-state index contributed by atoms with van der Waals surface area (Å²) in [6.45, 7) is 1.86. The van der Waals surface area contributed by atoms with E-state index in [-0.39, 0.29) is 5.91 Å². The van der Waals surface area contributed by atoms with Gasteiger partial charge in [-0.3, -0.25) is 9.78 Å². The van der Waals surface area contributed by atoms with E-state index in [0.29, 0.717) is 10.6 Å². The Morgan fingerprint density at radius 1 is 1.32 bits per heavy atom. The predicted octanol–water partition coefficient (Wildman–Crippen LogP) is 2.81. The van der Waals surface area contributed by atoms with Gasteiger partial charge in [-0.2, -0.15) is 5.10 Å². The number of amides is 1. The minimum Gasteiger partial charge on any atom is -0.267 e. The molecule has 0 radical (unpaired) electrons. The quantitative estimate of drug-likeness (QED) is 0.691. The van der Waals surface area contributed by atoms with Crippen LogP contribution in [-0.4, -0.2) is 17.1 Å². The number of aryl methyl sites for hydroxylation is 1. The Labute approximate surface area is 116 Å². The van der Waals surface area contributed by atoms with E-state index in [1.54, 1.807) is 18.2 Å². The molecular formula is C14H12ClN3O. The van der Waals surface area contributed by atoms with Crippen LogP contribution in [0.1, 0.15) is 21.6 Å². The molecule has 19 heavy (non-hydrogen) atoms. The maximum atomic E-state index is 11.7. The average Bonchev–Trinajstić information content (AvgIpc) is 2.41. The van der Waals surface area contributed by atoms with Crippen LogP contribution in [0, 0.1) is 6.92 Å². The van der Waals surface area contributed by atoms with Gasteiger partial charge in [-0.25, -0.2) is 5.43 Å². The Kier molecular flexibility index (Phi) is 4.26. The number of aromatic nitrogens is 1. The van der Waals surface area contributed by atoms with E-state index >= 15 is 0 Å². The van der Waals surface area contributed by atoms with Gasteiger partial charge in [0.25, 0.3) is 5.91 Å². The Balaban J connectivity index is 2.01. The summed E-state index contributed by atoms with van der Waals surface area (Å²) in [5, 5.41) is 4.45. The maximum Gasteiger partial charge on any atom is 0.272 e. The standard InChI is InChI=1S/C14H12ClN3O/c1-10-6-7-12(8-16-10)14(19)18-17-9-11-4-2-3-5-13(11)15/h2-9H,1H3,(H,18,19). The molecule has 0 bridgehead atoms. The molecule has 0 saturated carbocycles. The van der Waals surface area contributed by atoms with E-state index in [9.17, 15) is 4.79 Å². The maximum absolute atomic E-state index is 11.7. The summed E-state index contributed by atoms with van der Waals surface area (Å²) >= 11 is 5.96. The summed E-state index contributed by atoms with van der Waals surface area (Å²) in [5.41, 5.74) is 4.49. The highest BCUT2D eigenvalue weighted by Crippen LogP contribution is 2.12. The smallest absolute Gasteiger partial charge is 0.267 e. The highest BCUT2D eigenvalue weighted by molar-refractivity contribution is 6.33. The van der Waals surface area contributed by atoms with Gasteiger partial charge in [0, 0.05) is 22.5 Å². The molecule has 0 aliphatic carbocycles. The number of benzene rings is 1. The number of halogens is 1. The number of carbonyl (C=O) groups excluding carboxylic acids is 1. The normalized spacial score (nSPS) is 10.6. The van der Waals surface area contributed by atoms with Gasteiger partial charge in [0.2, 0.25) is 0 Å². The summed E-state index contributed by atoms with van der Waals surface area (Å²) in [7, 11) is 0. The second kappa shape index (κ2) is 6.11. The molecule has 2 rings (SSSR count). The van der Waals surface area contributed by atoms with Crippen LogP contribution in [0.25, 0.3) is 0 Å². The molecule has 4 nitrogen and oxygen atoms in total. The van der Waals surface area contributed by atoms with Crippen LogP contribution in [-0.2, 0) is 0 Å². The van der Waals surface area contributed by atoms with Crippen molar-refractivity contribution in [1.29, 1.82) is 0 Å². The molecule has 0 atom stereocenters. The Morgan fingerprint density at radius 2 is 2.11 bits per heavy atom. The van der Waals surface area contributed by atoms with Gasteiger partial charge in [0.1, 0.15) is 0 Å². The van der Waals surface area contributed by atoms with Gasteiger partial charge in [0.15, 0.2) is 0 Å². The minimum atomic E-state index is -0.309. The summed E-state index contributed by atoms with van der Waals surface area (Å²) in [6.07, 6.45) is 3.01. The molecule has 2 aromatic rings. The molecule has 0 saturated heterocycles. The van der Waals surface area contributed by atoms with Crippen molar-refractivity contribution in [3.05, 3.63) is 64.4 Å². The SMILES string of the molecule is Cc1ccc(C(=O)NN=Cc2ccccc2Cl)cn1. The van der Waals surface area contributed by atoms with Crippen LogP contribution in [0.3, 0.4) is 0 Å². The Morgan fingerprint density at radius 3 is 2.79 bits per heavy atom. The lowest BCUT2D eigenvalue weighted by molar-refractivity contribution is 0.0955. The molecule has 5 heteroatoms. The lowest BCUT2D eigenvalue weighted by Gasteiger charge is -2.00. The largest absolute Gasteiger partial charge is 0.272 e. The molecule has 1 aromatic carbocycles. The first kappa shape index (κ1) is 13.2. The molecule has 1 heterocycles. The second-order valence-electron chi connectivity index (χ2n) is 3.91. The van der Waals surface area contributed by atoms with Gasteiger partial charge in [-0.1, -0.05) is 29.8 Å². The van der Waals surface area contributed by atoms with Gasteiger partial charge < -0.3 is 0 Å². The number of hydrazone groups is 1. The first-order valence-corrected chi connectivity index (χ1v) is 6.05. The van der Waals surface area contributed by atoms with Crippen LogP contribution in [0.15, 0.2) is 47.7 Å². The fourth-order valence-corrected chi connectivity index (χ4v) is 1.59. The number of carbonyl (C=O) groups is 1. The van der Waals surface area contributed by atoms with E-state index in [2.05, 4.69) is 15.5 Å². The minimum absolute atomic E-state index is 0.309. The predicted molar refractivity (Wildman–Crippen MR) is 75.5 cm³/mol. The molecule has 96 valence electrons. The van der Waals surface area contributed by atoms with Crippen LogP contribution in [0.5, 0.6) is 0 Å². The molecule has 0 fully saturated rings. The van der Waals surface area contributed by atoms with Gasteiger partial charge >= 0.3 is 0 Å². The number of pyridine rings is 1. The zero-order valence-electron chi connectivity index (χ0n) is 10.3. The molecule has 0 unspecified atom stereocenters. The second-order valence-corrected chi connectivity index (χ2v) is 4.32. The van der Waals surface area contributed by atoms with Crippen molar-refractivity contribution in [2.75, 3.05) is 0 Å². The number of rotatable bonds is 3. The first-order chi connectivity index (χ1) is 9.16. The molecular weight excluding hydrogens is 262 g/mol. The van der Waals surface area contributed by atoms with Crippen molar-refractivity contribution in [3.8, 4) is 0 Å². The van der Waals surface area contributed by atoms with E-state index in [0.717, 1.165) is 11.3 Å². The molecule has 1 N–H and O–H groups in total. The van der Waals surface area contributed by atoms with Gasteiger partial charge in [0.05, 0.1) is 11.8 Å². The summed E-state index contributed by atoms with van der Waals surface area (Å²) in [5.74, 6) is -0.309. The third-order valence-corrected chi connectivity index (χ3v) is 2.79. The van der Waals surface area contributed by atoms with Gasteiger partial charge in [-0.15, -0.1) is 0 Å². The Bertz CT molecular complexity index is 608. The van der Waals surface area contributed by atoms with Crippen molar-refractivity contribution in [2.45, 2.75) is 6.92 Å². The number of nitrogens with zero attached hydrogens (tertiary/aromatic N) is 2. The van der Waals surface area contributed by atoms with Gasteiger partial charge in [-0.05, 0) is 25.1 Å². The molecule has 1 amide bonds. The van der Waals surface area contributed by atoms with E-state index < -0.39 is 0 Å². The lowest BCUT2D eigenvalue weighted by Crippen LogP contribution is -2.17. The third kappa shape index (κ3) is 3.63. The molecule has 1 aromatic heterocycles. The van der Waals surface area contributed by atoms with Crippen molar-refractivity contribution in [2.24, 2.45) is 5.10 Å². The third-order valence-electron chi connectivity index (χ3n) is 2.45. The molecule has 0 aliphatic heterocycles. The van der Waals surface area contributed by atoms with Crippen LogP contribution in [0.4, 0.5) is 0 Å². The van der Waals surface area contributed by atoms with Crippen LogP contribution < -0.4 is 5.43 Å². The number of nitrogens with one attached hydrogen (secondary N) is 1. The average molecular weight is 274 g/mol. The van der Waals surface area contributed by atoms with Crippen molar-refractivity contribution < 1.29 is 4.79 Å². The van der Waals surface area contributed by atoms with E-state index in [1.165, 1.54) is 12.4 Å². The molecule has 0 spiro atoms. The van der Waals surface area contributed by atoms with E-state index in [4.69, 9.17) is 11.6 Å². The zero-order valence-corrected chi connectivity index (χ0v) is 11.1. The fourth-order valence-electron chi connectivity index (χ4n) is 1.41. The highest BCUT2D eigenvalue weighted by atomic mass is 35.5. The van der Waals surface area contributed by atoms with Crippen molar-refractivity contribution in [3.63, 3.8) is 0 Å².